The minimum Gasteiger partial charge on any atom is -0.358 e. The second-order valence-corrected chi connectivity index (χ2v) is 7.63. The lowest BCUT2D eigenvalue weighted by molar-refractivity contribution is -0.116. The van der Waals surface area contributed by atoms with E-state index >= 15 is 0 Å². The van der Waals surface area contributed by atoms with Crippen molar-refractivity contribution in [3.8, 4) is 22.5 Å². The predicted molar refractivity (Wildman–Crippen MR) is 120 cm³/mol. The van der Waals surface area contributed by atoms with Crippen molar-refractivity contribution in [3.63, 3.8) is 0 Å². The van der Waals surface area contributed by atoms with E-state index in [9.17, 15) is 9.59 Å². The van der Waals surface area contributed by atoms with E-state index in [1.54, 1.807) is 12.3 Å². The lowest BCUT2D eigenvalue weighted by Crippen LogP contribution is -2.31. The van der Waals surface area contributed by atoms with E-state index in [0.717, 1.165) is 40.2 Å². The second-order valence-electron chi connectivity index (χ2n) is 6.99. The van der Waals surface area contributed by atoms with Crippen molar-refractivity contribution < 1.29 is 9.59 Å². The first kappa shape index (κ1) is 20.1. The lowest BCUT2D eigenvalue weighted by atomic mass is 10.0. The quantitative estimate of drug-likeness (QED) is 0.384. The van der Waals surface area contributed by atoms with Crippen LogP contribution >= 0.6 is 15.9 Å². The molecule has 3 N–H and O–H groups in total. The minimum atomic E-state index is -0.125. The molecule has 2 amide bonds. The van der Waals surface area contributed by atoms with Crippen molar-refractivity contribution in [1.82, 2.24) is 20.6 Å². The molecule has 1 aliphatic rings. The zero-order valence-corrected chi connectivity index (χ0v) is 17.8. The summed E-state index contributed by atoms with van der Waals surface area (Å²) >= 11 is 3.26. The molecule has 6 nitrogen and oxygen atoms in total. The number of H-pyrrole nitrogens is 1. The van der Waals surface area contributed by atoms with Crippen molar-refractivity contribution in [2.45, 2.75) is 13.0 Å². The van der Waals surface area contributed by atoms with Gasteiger partial charge in [0.25, 0.3) is 5.91 Å². The number of carbonyl (C=O) groups is 2. The number of amides is 2. The second kappa shape index (κ2) is 9.09. The molecule has 2 aromatic heterocycles. The molecule has 3 aromatic rings. The van der Waals surface area contributed by atoms with Gasteiger partial charge in [0, 0.05) is 53.6 Å². The van der Waals surface area contributed by atoms with Crippen molar-refractivity contribution >= 4 is 27.7 Å². The van der Waals surface area contributed by atoms with E-state index in [4.69, 9.17) is 0 Å². The van der Waals surface area contributed by atoms with Crippen molar-refractivity contribution in [1.29, 1.82) is 0 Å². The van der Waals surface area contributed by atoms with Gasteiger partial charge in [-0.25, -0.2) is 0 Å². The lowest BCUT2D eigenvalue weighted by Gasteiger charge is -2.11. The number of nitrogens with one attached hydrogen (secondary N) is 3. The van der Waals surface area contributed by atoms with Crippen molar-refractivity contribution in [2.75, 3.05) is 11.9 Å². The average Bonchev–Trinajstić information content (AvgIpc) is 3.22. The highest BCUT2D eigenvalue weighted by Crippen LogP contribution is 2.27. The zero-order chi connectivity index (χ0) is 20.9. The van der Waals surface area contributed by atoms with E-state index in [0.29, 0.717) is 24.0 Å². The maximum atomic E-state index is 12.0. The highest BCUT2D eigenvalue weighted by Gasteiger charge is 2.20. The highest BCUT2D eigenvalue weighted by molar-refractivity contribution is 9.09. The fraction of sp³-hybridized carbons (Fsp3) is 0.174. The molecule has 7 heteroatoms. The van der Waals surface area contributed by atoms with Crippen LogP contribution in [0.2, 0.25) is 0 Å². The number of hydrogen-bond acceptors (Lipinski definition) is 3. The molecule has 3 heterocycles. The number of nitrogens with zero attached hydrogens (tertiary/aromatic N) is 1. The third kappa shape index (κ3) is 4.52. The summed E-state index contributed by atoms with van der Waals surface area (Å²) in [5.74, 6) is -0.159. The maximum absolute atomic E-state index is 12.0. The fourth-order valence-corrected chi connectivity index (χ4v) is 3.63. The summed E-state index contributed by atoms with van der Waals surface area (Å²) in [5.41, 5.74) is 6.35. The summed E-state index contributed by atoms with van der Waals surface area (Å²) in [5, 5.41) is 6.39. The molecule has 4 rings (SSSR count). The fourth-order valence-electron chi connectivity index (χ4n) is 3.45. The van der Waals surface area contributed by atoms with E-state index < -0.39 is 0 Å². The summed E-state index contributed by atoms with van der Waals surface area (Å²) < 4.78 is 0. The smallest absolute Gasteiger partial charge is 0.253 e. The number of aromatic nitrogens is 2. The number of pyridine rings is 1. The van der Waals surface area contributed by atoms with Crippen molar-refractivity contribution in [2.24, 2.45) is 0 Å². The Morgan fingerprint density at radius 3 is 2.93 bits per heavy atom. The van der Waals surface area contributed by atoms with Gasteiger partial charge in [-0.1, -0.05) is 40.2 Å². The average molecular weight is 465 g/mol. The number of hydrogen-bond donors (Lipinski definition) is 3. The molecule has 0 atom stereocenters. The third-order valence-corrected chi connectivity index (χ3v) is 5.30. The third-order valence-electron chi connectivity index (χ3n) is 4.92. The predicted octanol–water partition coefficient (Wildman–Crippen LogP) is 3.60. The highest BCUT2D eigenvalue weighted by atomic mass is 79.9. The number of benzene rings is 1. The van der Waals surface area contributed by atoms with Gasteiger partial charge >= 0.3 is 0 Å². The Morgan fingerprint density at radius 1 is 1.20 bits per heavy atom. The standard InChI is InChI=1S/C23H21BrN4O2/c24-8-2-5-22(29)27-14-15-3-1-4-16(11-15)20-12-17(6-9-25-20)21-13-18-19(28-21)7-10-26-23(18)30/h1-6,9,11-13,28H,7-8,10,14H2,(H,26,30)(H,27,29). The number of fused-ring (bicyclic) bond motifs is 1. The number of aromatic amines is 1. The van der Waals surface area contributed by atoms with Crippen LogP contribution in [-0.2, 0) is 17.8 Å². The van der Waals surface area contributed by atoms with Gasteiger partial charge in [0.15, 0.2) is 0 Å². The summed E-state index contributed by atoms with van der Waals surface area (Å²) in [6.07, 6.45) is 5.84. The van der Waals surface area contributed by atoms with Gasteiger partial charge < -0.3 is 15.6 Å². The first-order chi connectivity index (χ1) is 14.6. The molecule has 0 saturated heterocycles. The van der Waals surface area contributed by atoms with Crippen LogP contribution in [0.3, 0.4) is 0 Å². The Labute approximate surface area is 182 Å². The van der Waals surface area contributed by atoms with Crippen LogP contribution in [0.4, 0.5) is 0 Å². The molecular formula is C23H21BrN4O2. The molecule has 152 valence electrons. The first-order valence-corrected chi connectivity index (χ1v) is 10.8. The zero-order valence-electron chi connectivity index (χ0n) is 16.2. The number of halogens is 1. The van der Waals surface area contributed by atoms with Crippen LogP contribution in [0.5, 0.6) is 0 Å². The van der Waals surface area contributed by atoms with Crippen LogP contribution in [0, 0.1) is 0 Å². The summed E-state index contributed by atoms with van der Waals surface area (Å²) in [7, 11) is 0. The van der Waals surface area contributed by atoms with Crippen LogP contribution < -0.4 is 10.6 Å². The SMILES string of the molecule is O=C(C=CCBr)NCc1cccc(-c2cc(-c3cc4c([nH]3)CCNC4=O)ccn2)c1. The summed E-state index contributed by atoms with van der Waals surface area (Å²) in [6.45, 7) is 1.10. The minimum absolute atomic E-state index is 0.0336. The molecule has 0 aliphatic carbocycles. The van der Waals surface area contributed by atoms with E-state index in [2.05, 4.69) is 36.5 Å². The van der Waals surface area contributed by atoms with Gasteiger partial charge in [0.1, 0.15) is 0 Å². The molecule has 1 aliphatic heterocycles. The van der Waals surface area contributed by atoms with Gasteiger partial charge in [0.2, 0.25) is 5.91 Å². The Balaban J connectivity index is 1.55. The molecule has 0 spiro atoms. The normalized spacial score (nSPS) is 13.2. The summed E-state index contributed by atoms with van der Waals surface area (Å²) in [4.78, 5) is 31.7. The van der Waals surface area contributed by atoms with Gasteiger partial charge in [-0.2, -0.15) is 0 Å². The largest absolute Gasteiger partial charge is 0.358 e. The topological polar surface area (TPSA) is 86.9 Å². The van der Waals surface area contributed by atoms with E-state index in [1.165, 1.54) is 6.08 Å². The molecule has 0 bridgehead atoms. The Kier molecular flexibility index (Phi) is 6.09. The molecule has 30 heavy (non-hydrogen) atoms. The van der Waals surface area contributed by atoms with Crippen LogP contribution in [0.25, 0.3) is 22.5 Å². The number of carbonyl (C=O) groups excluding carboxylic acids is 2. The Morgan fingerprint density at radius 2 is 2.10 bits per heavy atom. The van der Waals surface area contributed by atoms with E-state index in [1.807, 2.05) is 42.5 Å². The molecule has 0 fully saturated rings. The molecular weight excluding hydrogens is 444 g/mol. The molecule has 0 saturated carbocycles. The summed E-state index contributed by atoms with van der Waals surface area (Å²) in [6, 6.07) is 13.8. The maximum Gasteiger partial charge on any atom is 0.253 e. The van der Waals surface area contributed by atoms with Crippen molar-refractivity contribution in [3.05, 3.63) is 77.6 Å². The van der Waals surface area contributed by atoms with Gasteiger partial charge in [-0.05, 0) is 35.9 Å². The Hall–Kier alpha value is -3.19. The van der Waals surface area contributed by atoms with E-state index in [-0.39, 0.29) is 11.8 Å². The number of alkyl halides is 1. The van der Waals surface area contributed by atoms with Crippen LogP contribution in [-0.4, -0.2) is 33.7 Å². The number of rotatable bonds is 6. The molecule has 1 aromatic carbocycles. The first-order valence-electron chi connectivity index (χ1n) is 9.70. The van der Waals surface area contributed by atoms with Gasteiger partial charge in [-0.3, -0.25) is 14.6 Å². The molecule has 0 unspecified atom stereocenters. The van der Waals surface area contributed by atoms with Crippen LogP contribution in [0.15, 0.2) is 60.8 Å². The van der Waals surface area contributed by atoms with Gasteiger partial charge in [-0.15, -0.1) is 0 Å². The van der Waals surface area contributed by atoms with Crippen LogP contribution in [0.1, 0.15) is 21.6 Å². The molecule has 0 radical (unpaired) electrons. The monoisotopic (exact) mass is 464 g/mol. The number of allylic oxidation sites excluding steroid dienone is 1. The Bertz CT molecular complexity index is 1120. The van der Waals surface area contributed by atoms with Gasteiger partial charge in [0.05, 0.1) is 11.3 Å².